The first-order valence-electron chi connectivity index (χ1n) is 6.37. The van der Waals surface area contributed by atoms with E-state index < -0.39 is 5.63 Å². The van der Waals surface area contributed by atoms with E-state index in [1.165, 1.54) is 0 Å². The lowest BCUT2D eigenvalue weighted by atomic mass is 10.1. The van der Waals surface area contributed by atoms with Crippen molar-refractivity contribution in [2.24, 2.45) is 0 Å². The van der Waals surface area contributed by atoms with Gasteiger partial charge in [-0.15, -0.1) is 0 Å². The maximum absolute atomic E-state index is 11.8. The second-order valence-electron chi connectivity index (χ2n) is 4.19. The van der Waals surface area contributed by atoms with Crippen molar-refractivity contribution in [3.8, 4) is 11.5 Å². The molecule has 0 bridgehead atoms. The van der Waals surface area contributed by atoms with E-state index in [1.807, 2.05) is 6.92 Å². The van der Waals surface area contributed by atoms with Crippen LogP contribution in [-0.4, -0.2) is 23.4 Å². The molecule has 0 amide bonds. The molecule has 0 saturated carbocycles. The summed E-state index contributed by atoms with van der Waals surface area (Å²) in [6.45, 7) is 1.99. The monoisotopic (exact) mass is 276 g/mol. The first-order chi connectivity index (χ1) is 9.67. The van der Waals surface area contributed by atoms with Crippen molar-refractivity contribution < 1.29 is 19.4 Å². The number of aromatic hydroxyl groups is 1. The summed E-state index contributed by atoms with van der Waals surface area (Å²) in [4.78, 5) is 11.8. The molecule has 2 aromatic rings. The van der Waals surface area contributed by atoms with E-state index in [-0.39, 0.29) is 30.1 Å². The van der Waals surface area contributed by atoms with Gasteiger partial charge in [0.15, 0.2) is 0 Å². The van der Waals surface area contributed by atoms with Gasteiger partial charge in [0.1, 0.15) is 29.3 Å². The van der Waals surface area contributed by atoms with Crippen LogP contribution in [0.2, 0.25) is 0 Å². The van der Waals surface area contributed by atoms with Crippen LogP contribution in [0, 0.1) is 0 Å². The number of aliphatic hydroxyl groups excluding tert-OH is 1. The highest BCUT2D eigenvalue weighted by Crippen LogP contribution is 2.30. The van der Waals surface area contributed by atoms with Gasteiger partial charge in [-0.3, -0.25) is 0 Å². The predicted octanol–water partition coefficient (Wildman–Crippen LogP) is 2.29. The molecule has 0 saturated heterocycles. The van der Waals surface area contributed by atoms with Gasteiger partial charge in [0.05, 0.1) is 12.0 Å². The molecule has 0 aliphatic rings. The lowest BCUT2D eigenvalue weighted by Crippen LogP contribution is -2.04. The van der Waals surface area contributed by atoms with Crippen molar-refractivity contribution in [1.82, 2.24) is 0 Å². The zero-order valence-electron chi connectivity index (χ0n) is 11.1. The van der Waals surface area contributed by atoms with E-state index in [1.54, 1.807) is 30.4 Å². The first-order valence-corrected chi connectivity index (χ1v) is 6.37. The van der Waals surface area contributed by atoms with E-state index in [0.717, 1.165) is 6.42 Å². The van der Waals surface area contributed by atoms with Crippen LogP contribution in [0.4, 0.5) is 0 Å². The minimum absolute atomic E-state index is 0.0988. The van der Waals surface area contributed by atoms with Crippen LogP contribution in [0.5, 0.6) is 11.5 Å². The zero-order valence-corrected chi connectivity index (χ0v) is 11.1. The summed E-state index contributed by atoms with van der Waals surface area (Å²) < 4.78 is 10.4. The number of hydrogen-bond acceptors (Lipinski definition) is 5. The van der Waals surface area contributed by atoms with Crippen molar-refractivity contribution in [3.63, 3.8) is 0 Å². The minimum Gasteiger partial charge on any atom is -0.506 e. The van der Waals surface area contributed by atoms with Crippen LogP contribution in [0.25, 0.3) is 17.0 Å². The van der Waals surface area contributed by atoms with Crippen molar-refractivity contribution >= 4 is 17.0 Å². The molecule has 1 heterocycles. The van der Waals surface area contributed by atoms with Gasteiger partial charge >= 0.3 is 5.63 Å². The highest BCUT2D eigenvalue weighted by Gasteiger charge is 2.12. The highest BCUT2D eigenvalue weighted by atomic mass is 16.5. The number of ether oxygens (including phenoxy) is 1. The van der Waals surface area contributed by atoms with Crippen LogP contribution in [0.1, 0.15) is 18.9 Å². The highest BCUT2D eigenvalue weighted by molar-refractivity contribution is 5.87. The number of aliphatic hydroxyl groups is 1. The molecule has 0 unspecified atom stereocenters. The molecule has 0 spiro atoms. The molecule has 1 aromatic heterocycles. The molecule has 0 atom stereocenters. The third-order valence-corrected chi connectivity index (χ3v) is 2.76. The molecule has 0 aliphatic carbocycles. The summed E-state index contributed by atoms with van der Waals surface area (Å²) >= 11 is 0. The topological polar surface area (TPSA) is 79.9 Å². The molecule has 2 rings (SSSR count). The maximum atomic E-state index is 11.8. The fraction of sp³-hybridized carbons (Fsp3) is 0.267. The van der Waals surface area contributed by atoms with Gasteiger partial charge in [-0.1, -0.05) is 13.0 Å². The summed E-state index contributed by atoms with van der Waals surface area (Å²) in [6, 6.07) is 4.74. The third-order valence-electron chi connectivity index (χ3n) is 2.76. The van der Waals surface area contributed by atoms with Gasteiger partial charge in [-0.2, -0.15) is 0 Å². The van der Waals surface area contributed by atoms with E-state index in [4.69, 9.17) is 14.3 Å². The predicted molar refractivity (Wildman–Crippen MR) is 76.1 cm³/mol. The number of rotatable bonds is 5. The fourth-order valence-corrected chi connectivity index (χ4v) is 1.82. The van der Waals surface area contributed by atoms with E-state index >= 15 is 0 Å². The van der Waals surface area contributed by atoms with Crippen molar-refractivity contribution in [1.29, 1.82) is 0 Å². The lowest BCUT2D eigenvalue weighted by molar-refractivity contribution is 0.201. The Labute approximate surface area is 115 Å². The Morgan fingerprint density at radius 3 is 2.90 bits per heavy atom. The van der Waals surface area contributed by atoms with Gasteiger partial charge in [0, 0.05) is 0 Å². The summed E-state index contributed by atoms with van der Waals surface area (Å²) in [6.07, 6.45) is 4.06. The Morgan fingerprint density at radius 2 is 2.20 bits per heavy atom. The van der Waals surface area contributed by atoms with Gasteiger partial charge in [0.2, 0.25) is 0 Å². The van der Waals surface area contributed by atoms with Crippen molar-refractivity contribution in [3.05, 3.63) is 40.3 Å². The number of fused-ring (bicyclic) bond motifs is 1. The summed E-state index contributed by atoms with van der Waals surface area (Å²) in [5, 5.41) is 19.3. The molecule has 0 fully saturated rings. The average molecular weight is 276 g/mol. The number of allylic oxidation sites excluding steroid dienone is 1. The summed E-state index contributed by atoms with van der Waals surface area (Å²) in [5.41, 5.74) is -0.167. The maximum Gasteiger partial charge on any atom is 0.347 e. The third kappa shape index (κ3) is 2.83. The van der Waals surface area contributed by atoms with Crippen molar-refractivity contribution in [2.75, 3.05) is 13.2 Å². The van der Waals surface area contributed by atoms with Crippen molar-refractivity contribution in [2.45, 2.75) is 13.3 Å². The van der Waals surface area contributed by atoms with E-state index in [2.05, 4.69) is 0 Å². The Hall–Kier alpha value is -2.27. The van der Waals surface area contributed by atoms with Crippen LogP contribution in [0.15, 0.2) is 33.5 Å². The molecule has 1 aromatic carbocycles. The van der Waals surface area contributed by atoms with E-state index in [9.17, 15) is 9.90 Å². The molecule has 0 aliphatic heterocycles. The van der Waals surface area contributed by atoms with Crippen LogP contribution < -0.4 is 10.4 Å². The summed E-state index contributed by atoms with van der Waals surface area (Å²) in [7, 11) is 0. The smallest absolute Gasteiger partial charge is 0.347 e. The van der Waals surface area contributed by atoms with Gasteiger partial charge in [-0.25, -0.2) is 4.79 Å². The second-order valence-corrected chi connectivity index (χ2v) is 4.19. The molecule has 2 N–H and O–H groups in total. The van der Waals surface area contributed by atoms with E-state index in [0.29, 0.717) is 11.1 Å². The Balaban J connectivity index is 2.55. The average Bonchev–Trinajstić information content (AvgIpc) is 2.45. The number of hydrogen-bond donors (Lipinski definition) is 2. The van der Waals surface area contributed by atoms with Gasteiger partial charge < -0.3 is 19.4 Å². The van der Waals surface area contributed by atoms with Crippen LogP contribution >= 0.6 is 0 Å². The fourth-order valence-electron chi connectivity index (χ4n) is 1.82. The molecule has 20 heavy (non-hydrogen) atoms. The Bertz CT molecular complexity index is 684. The normalized spacial score (nSPS) is 11.3. The number of benzene rings is 1. The minimum atomic E-state index is -0.580. The van der Waals surface area contributed by atoms with Crippen LogP contribution in [0.3, 0.4) is 0 Å². The SMILES string of the molecule is CCC=Cc1c(O)c2cc(OCCO)ccc2oc1=O. The Morgan fingerprint density at radius 1 is 1.40 bits per heavy atom. The van der Waals surface area contributed by atoms with Gasteiger partial charge in [0.25, 0.3) is 0 Å². The Kier molecular flexibility index (Phi) is 4.42. The molecular weight excluding hydrogens is 260 g/mol. The molecule has 5 heteroatoms. The quantitative estimate of drug-likeness (QED) is 0.819. The lowest BCUT2D eigenvalue weighted by Gasteiger charge is -2.07. The molecular formula is C15H16O5. The first kappa shape index (κ1) is 14.1. The molecule has 106 valence electrons. The molecule has 0 radical (unpaired) electrons. The summed E-state index contributed by atoms with van der Waals surface area (Å²) in [5.74, 6) is 0.358. The van der Waals surface area contributed by atoms with Crippen LogP contribution in [-0.2, 0) is 0 Å². The van der Waals surface area contributed by atoms with Gasteiger partial charge in [-0.05, 0) is 30.7 Å². The largest absolute Gasteiger partial charge is 0.506 e. The molecule has 5 nitrogen and oxygen atoms in total. The standard InChI is InChI=1S/C15H16O5/c1-2-3-4-11-14(17)12-9-10(19-8-7-16)5-6-13(12)20-15(11)18/h3-6,9,16-17H,2,7-8H2,1H3. The zero-order chi connectivity index (χ0) is 14.5. The second kappa shape index (κ2) is 6.25.